The predicted molar refractivity (Wildman–Crippen MR) is 66.6 cm³/mol. The number of rotatable bonds is 5. The molecule has 17 heavy (non-hydrogen) atoms. The van der Waals surface area contributed by atoms with E-state index in [2.05, 4.69) is 0 Å². The molecule has 2 nitrogen and oxygen atoms in total. The van der Waals surface area contributed by atoms with Crippen LogP contribution in [0.25, 0.3) is 0 Å². The van der Waals surface area contributed by atoms with Gasteiger partial charge in [0, 0.05) is 12.3 Å². The highest BCUT2D eigenvalue weighted by molar-refractivity contribution is 6.01. The molecule has 2 rings (SSSR count). The topological polar surface area (TPSA) is 34.1 Å². The Morgan fingerprint density at radius 3 is 2.35 bits per heavy atom. The SMILES string of the molecule is O=C(CC(=O)C1CC=CC1)Cc1ccccc1. The lowest BCUT2D eigenvalue weighted by molar-refractivity contribution is -0.128. The minimum atomic E-state index is 0.0214. The number of carbonyl (C=O) groups is 2. The summed E-state index contributed by atoms with van der Waals surface area (Å²) in [5.74, 6) is 0.166. The van der Waals surface area contributed by atoms with Crippen molar-refractivity contribution < 1.29 is 9.59 Å². The van der Waals surface area contributed by atoms with Crippen molar-refractivity contribution in [2.75, 3.05) is 0 Å². The van der Waals surface area contributed by atoms with Crippen LogP contribution in [-0.4, -0.2) is 11.6 Å². The smallest absolute Gasteiger partial charge is 0.144 e. The van der Waals surface area contributed by atoms with E-state index in [4.69, 9.17) is 0 Å². The van der Waals surface area contributed by atoms with E-state index in [-0.39, 0.29) is 23.9 Å². The molecule has 0 spiro atoms. The van der Waals surface area contributed by atoms with Gasteiger partial charge in [-0.05, 0) is 18.4 Å². The number of ketones is 2. The zero-order valence-electron chi connectivity index (χ0n) is 9.76. The summed E-state index contributed by atoms with van der Waals surface area (Å²) in [7, 11) is 0. The lowest BCUT2D eigenvalue weighted by Gasteiger charge is -2.07. The van der Waals surface area contributed by atoms with Crippen LogP contribution in [0.1, 0.15) is 24.8 Å². The van der Waals surface area contributed by atoms with E-state index in [1.54, 1.807) is 0 Å². The van der Waals surface area contributed by atoms with Gasteiger partial charge in [-0.25, -0.2) is 0 Å². The summed E-state index contributed by atoms with van der Waals surface area (Å²) in [5.41, 5.74) is 0.981. The van der Waals surface area contributed by atoms with Gasteiger partial charge < -0.3 is 0 Å². The maximum absolute atomic E-state index is 11.8. The molecular formula is C15H16O2. The van der Waals surface area contributed by atoms with Crippen molar-refractivity contribution in [2.45, 2.75) is 25.7 Å². The summed E-state index contributed by atoms with van der Waals surface area (Å²) in [4.78, 5) is 23.5. The molecular weight excluding hydrogens is 212 g/mol. The third-order valence-electron chi connectivity index (χ3n) is 3.08. The molecule has 2 heteroatoms. The van der Waals surface area contributed by atoms with E-state index in [9.17, 15) is 9.59 Å². The van der Waals surface area contributed by atoms with E-state index in [1.165, 1.54) is 0 Å². The number of hydrogen-bond donors (Lipinski definition) is 0. The van der Waals surface area contributed by atoms with Gasteiger partial charge in [0.05, 0.1) is 6.42 Å². The Labute approximate surface area is 101 Å². The number of allylic oxidation sites excluding steroid dienone is 2. The summed E-state index contributed by atoms with van der Waals surface area (Å²) in [6.07, 6.45) is 6.09. The predicted octanol–water partition coefficient (Wildman–Crippen LogP) is 2.72. The molecule has 88 valence electrons. The molecule has 1 aliphatic rings. The third kappa shape index (κ3) is 3.38. The highest BCUT2D eigenvalue weighted by atomic mass is 16.1. The molecule has 0 saturated carbocycles. The van der Waals surface area contributed by atoms with Crippen molar-refractivity contribution in [3.8, 4) is 0 Å². The average Bonchev–Trinajstić information content (AvgIpc) is 2.83. The Bertz CT molecular complexity index is 423. The van der Waals surface area contributed by atoms with Crippen molar-refractivity contribution in [1.29, 1.82) is 0 Å². The number of carbonyl (C=O) groups excluding carboxylic acids is 2. The van der Waals surface area contributed by atoms with Gasteiger partial charge in [-0.1, -0.05) is 42.5 Å². The Hall–Kier alpha value is -1.70. The lowest BCUT2D eigenvalue weighted by Crippen LogP contribution is -2.17. The Morgan fingerprint density at radius 2 is 1.71 bits per heavy atom. The highest BCUT2D eigenvalue weighted by Gasteiger charge is 2.21. The molecule has 0 bridgehead atoms. The van der Waals surface area contributed by atoms with Gasteiger partial charge in [-0.2, -0.15) is 0 Å². The molecule has 0 unspecified atom stereocenters. The standard InChI is InChI=1S/C15H16O2/c16-14(10-12-6-2-1-3-7-12)11-15(17)13-8-4-5-9-13/h1-7,13H,8-11H2. The molecule has 0 aliphatic heterocycles. The highest BCUT2D eigenvalue weighted by Crippen LogP contribution is 2.20. The summed E-state index contributed by atoms with van der Waals surface area (Å²) < 4.78 is 0. The number of benzene rings is 1. The largest absolute Gasteiger partial charge is 0.299 e. The first-order valence-corrected chi connectivity index (χ1v) is 5.99. The van der Waals surface area contributed by atoms with Crippen LogP contribution in [0.2, 0.25) is 0 Å². The van der Waals surface area contributed by atoms with E-state index in [0.29, 0.717) is 6.42 Å². The van der Waals surface area contributed by atoms with Gasteiger partial charge >= 0.3 is 0 Å². The fraction of sp³-hybridized carbons (Fsp3) is 0.333. The normalized spacial score (nSPS) is 15.1. The summed E-state index contributed by atoms with van der Waals surface area (Å²) in [6.45, 7) is 0. The maximum atomic E-state index is 11.8. The van der Waals surface area contributed by atoms with Crippen LogP contribution >= 0.6 is 0 Å². The summed E-state index contributed by atoms with van der Waals surface area (Å²) in [6, 6.07) is 9.57. The van der Waals surface area contributed by atoms with Crippen LogP contribution < -0.4 is 0 Å². The molecule has 0 heterocycles. The minimum Gasteiger partial charge on any atom is -0.299 e. The van der Waals surface area contributed by atoms with E-state index < -0.39 is 0 Å². The molecule has 0 saturated heterocycles. The Morgan fingerprint density at radius 1 is 1.06 bits per heavy atom. The van der Waals surface area contributed by atoms with Gasteiger partial charge in [-0.3, -0.25) is 9.59 Å². The number of Topliss-reactive ketones (excluding diaryl/α,β-unsaturated/α-hetero) is 2. The zero-order valence-corrected chi connectivity index (χ0v) is 9.76. The second kappa shape index (κ2) is 5.58. The maximum Gasteiger partial charge on any atom is 0.144 e. The van der Waals surface area contributed by atoms with E-state index >= 15 is 0 Å². The van der Waals surface area contributed by atoms with Crippen molar-refractivity contribution in [1.82, 2.24) is 0 Å². The van der Waals surface area contributed by atoms with Gasteiger partial charge in [0.25, 0.3) is 0 Å². The molecule has 0 fully saturated rings. The fourth-order valence-corrected chi connectivity index (χ4v) is 2.10. The molecule has 1 aromatic carbocycles. The van der Waals surface area contributed by atoms with Crippen LogP contribution in [0, 0.1) is 5.92 Å². The summed E-state index contributed by atoms with van der Waals surface area (Å²) >= 11 is 0. The van der Waals surface area contributed by atoms with Gasteiger partial charge in [-0.15, -0.1) is 0 Å². The zero-order chi connectivity index (χ0) is 12.1. The minimum absolute atomic E-state index is 0.0214. The van der Waals surface area contributed by atoms with E-state index in [1.807, 2.05) is 42.5 Å². The van der Waals surface area contributed by atoms with Crippen LogP contribution in [0.4, 0.5) is 0 Å². The Balaban J connectivity index is 1.83. The third-order valence-corrected chi connectivity index (χ3v) is 3.08. The first-order valence-electron chi connectivity index (χ1n) is 5.99. The van der Waals surface area contributed by atoms with Crippen LogP contribution in [0.5, 0.6) is 0 Å². The molecule has 0 amide bonds. The molecule has 0 radical (unpaired) electrons. The second-order valence-electron chi connectivity index (χ2n) is 4.48. The molecule has 0 aromatic heterocycles. The monoisotopic (exact) mass is 228 g/mol. The van der Waals surface area contributed by atoms with Gasteiger partial charge in [0.15, 0.2) is 0 Å². The quantitative estimate of drug-likeness (QED) is 0.573. The average molecular weight is 228 g/mol. The van der Waals surface area contributed by atoms with Crippen LogP contribution in [-0.2, 0) is 16.0 Å². The molecule has 0 N–H and O–H groups in total. The van der Waals surface area contributed by atoms with Crippen LogP contribution in [0.15, 0.2) is 42.5 Å². The first-order chi connectivity index (χ1) is 8.25. The van der Waals surface area contributed by atoms with Crippen molar-refractivity contribution in [3.05, 3.63) is 48.0 Å². The van der Waals surface area contributed by atoms with Crippen molar-refractivity contribution in [2.24, 2.45) is 5.92 Å². The summed E-state index contributed by atoms with van der Waals surface area (Å²) in [5, 5.41) is 0. The van der Waals surface area contributed by atoms with E-state index in [0.717, 1.165) is 18.4 Å². The van der Waals surface area contributed by atoms with Crippen molar-refractivity contribution >= 4 is 11.6 Å². The number of hydrogen-bond acceptors (Lipinski definition) is 2. The lowest BCUT2D eigenvalue weighted by atomic mass is 9.96. The molecule has 1 aliphatic carbocycles. The van der Waals surface area contributed by atoms with Gasteiger partial charge in [0.2, 0.25) is 0 Å². The Kier molecular flexibility index (Phi) is 3.86. The molecule has 1 aromatic rings. The first kappa shape index (κ1) is 11.8. The van der Waals surface area contributed by atoms with Gasteiger partial charge in [0.1, 0.15) is 11.6 Å². The van der Waals surface area contributed by atoms with Crippen LogP contribution in [0.3, 0.4) is 0 Å². The second-order valence-corrected chi connectivity index (χ2v) is 4.48. The fourth-order valence-electron chi connectivity index (χ4n) is 2.10. The molecule has 0 atom stereocenters. The van der Waals surface area contributed by atoms with Crippen molar-refractivity contribution in [3.63, 3.8) is 0 Å².